The van der Waals surface area contributed by atoms with Crippen LogP contribution in [0.2, 0.25) is 0 Å². The Kier molecular flexibility index (Phi) is 2.67. The predicted molar refractivity (Wildman–Crippen MR) is 54.5 cm³/mol. The molecule has 0 spiro atoms. The molecule has 0 bridgehead atoms. The molecule has 2 heterocycles. The normalized spacial score (nSPS) is 21.2. The summed E-state index contributed by atoms with van der Waals surface area (Å²) >= 11 is 1.60. The van der Waals surface area contributed by atoms with E-state index in [1.54, 1.807) is 17.5 Å². The summed E-state index contributed by atoms with van der Waals surface area (Å²) in [5.74, 6) is -0.0899. The number of aromatic nitrogens is 1. The second kappa shape index (κ2) is 3.96. The van der Waals surface area contributed by atoms with Crippen LogP contribution in [0, 0.1) is 5.92 Å². The summed E-state index contributed by atoms with van der Waals surface area (Å²) in [6.07, 6.45) is 2.65. The maximum atomic E-state index is 11.3. The van der Waals surface area contributed by atoms with Gasteiger partial charge in [-0.15, -0.1) is 11.3 Å². The molecule has 1 saturated heterocycles. The topological polar surface area (TPSA) is 42.4 Å². The molecular formula is C9H12N2O2S. The van der Waals surface area contributed by atoms with Crippen molar-refractivity contribution in [2.45, 2.75) is 6.42 Å². The molecular weight excluding hydrogens is 200 g/mol. The summed E-state index contributed by atoms with van der Waals surface area (Å²) in [5, 5.41) is 2.94. The molecule has 1 aromatic heterocycles. The molecule has 5 heteroatoms. The van der Waals surface area contributed by atoms with Crippen LogP contribution >= 0.6 is 11.3 Å². The Balaban J connectivity index is 1.98. The smallest absolute Gasteiger partial charge is 0.310 e. The maximum Gasteiger partial charge on any atom is 0.310 e. The highest BCUT2D eigenvalue weighted by Crippen LogP contribution is 2.25. The zero-order valence-electron chi connectivity index (χ0n) is 7.97. The number of methoxy groups -OCH3 is 1. The highest BCUT2D eigenvalue weighted by atomic mass is 32.1. The highest BCUT2D eigenvalue weighted by molar-refractivity contribution is 7.13. The van der Waals surface area contributed by atoms with Crippen molar-refractivity contribution in [1.82, 2.24) is 4.98 Å². The van der Waals surface area contributed by atoms with E-state index < -0.39 is 0 Å². The summed E-state index contributed by atoms with van der Waals surface area (Å²) in [6, 6.07) is 0. The van der Waals surface area contributed by atoms with Gasteiger partial charge in [0, 0.05) is 24.7 Å². The zero-order chi connectivity index (χ0) is 9.97. The lowest BCUT2D eigenvalue weighted by Gasteiger charge is -2.13. The van der Waals surface area contributed by atoms with Crippen LogP contribution in [0.1, 0.15) is 6.42 Å². The van der Waals surface area contributed by atoms with Crippen molar-refractivity contribution in [3.05, 3.63) is 11.6 Å². The van der Waals surface area contributed by atoms with Gasteiger partial charge in [-0.25, -0.2) is 4.98 Å². The molecule has 0 radical (unpaired) electrons. The number of carbonyl (C=O) groups is 1. The van der Waals surface area contributed by atoms with E-state index in [0.717, 1.165) is 24.6 Å². The fraction of sp³-hybridized carbons (Fsp3) is 0.556. The summed E-state index contributed by atoms with van der Waals surface area (Å²) in [5.41, 5.74) is 0. The van der Waals surface area contributed by atoms with Gasteiger partial charge in [0.25, 0.3) is 0 Å². The average Bonchev–Trinajstić information content (AvgIpc) is 2.86. The first-order valence-corrected chi connectivity index (χ1v) is 5.41. The Labute approximate surface area is 86.5 Å². The quantitative estimate of drug-likeness (QED) is 0.689. The SMILES string of the molecule is COC(=O)C1CCN(c2nccs2)C1. The number of hydrogen-bond donors (Lipinski definition) is 0. The predicted octanol–water partition coefficient (Wildman–Crippen LogP) is 1.14. The number of anilines is 1. The van der Waals surface area contributed by atoms with Gasteiger partial charge in [0.1, 0.15) is 0 Å². The molecule has 0 amide bonds. The number of carbonyl (C=O) groups excluding carboxylic acids is 1. The van der Waals surface area contributed by atoms with Crippen molar-refractivity contribution in [3.63, 3.8) is 0 Å². The van der Waals surface area contributed by atoms with E-state index in [4.69, 9.17) is 4.74 Å². The molecule has 1 aliphatic heterocycles. The molecule has 0 N–H and O–H groups in total. The molecule has 1 atom stereocenters. The molecule has 1 aliphatic rings. The first-order valence-electron chi connectivity index (χ1n) is 4.53. The van der Waals surface area contributed by atoms with Crippen molar-refractivity contribution in [2.24, 2.45) is 5.92 Å². The van der Waals surface area contributed by atoms with Gasteiger partial charge in [0.15, 0.2) is 5.13 Å². The second-order valence-corrected chi connectivity index (χ2v) is 4.14. The van der Waals surface area contributed by atoms with Crippen molar-refractivity contribution in [3.8, 4) is 0 Å². The number of nitrogens with zero attached hydrogens (tertiary/aromatic N) is 2. The van der Waals surface area contributed by atoms with Crippen LogP contribution in [0.5, 0.6) is 0 Å². The van der Waals surface area contributed by atoms with Crippen LogP contribution in [0.25, 0.3) is 0 Å². The van der Waals surface area contributed by atoms with Crippen LogP contribution in [0.15, 0.2) is 11.6 Å². The summed E-state index contributed by atoms with van der Waals surface area (Å²) in [4.78, 5) is 17.6. The first kappa shape index (κ1) is 9.45. The van der Waals surface area contributed by atoms with Gasteiger partial charge < -0.3 is 9.64 Å². The third-order valence-corrected chi connectivity index (χ3v) is 3.24. The van der Waals surface area contributed by atoms with E-state index in [2.05, 4.69) is 9.88 Å². The summed E-state index contributed by atoms with van der Waals surface area (Å²) in [7, 11) is 1.44. The molecule has 2 rings (SSSR count). The molecule has 1 unspecified atom stereocenters. The standard InChI is InChI=1S/C9H12N2O2S/c1-13-8(12)7-2-4-11(6-7)9-10-3-5-14-9/h3,5,7H,2,4,6H2,1H3. The van der Waals surface area contributed by atoms with Gasteiger partial charge in [0.2, 0.25) is 0 Å². The van der Waals surface area contributed by atoms with Crippen LogP contribution in [-0.2, 0) is 9.53 Å². The van der Waals surface area contributed by atoms with Crippen LogP contribution in [0.4, 0.5) is 5.13 Å². The Bertz CT molecular complexity index is 313. The lowest BCUT2D eigenvalue weighted by molar-refractivity contribution is -0.144. The van der Waals surface area contributed by atoms with Gasteiger partial charge in [-0.1, -0.05) is 0 Å². The molecule has 0 aromatic carbocycles. The Morgan fingerprint density at radius 1 is 1.79 bits per heavy atom. The van der Waals surface area contributed by atoms with E-state index >= 15 is 0 Å². The molecule has 4 nitrogen and oxygen atoms in total. The average molecular weight is 212 g/mol. The van der Waals surface area contributed by atoms with E-state index in [1.165, 1.54) is 7.11 Å². The van der Waals surface area contributed by atoms with E-state index in [0.29, 0.717) is 0 Å². The highest BCUT2D eigenvalue weighted by Gasteiger charge is 2.29. The molecule has 0 saturated carbocycles. The number of rotatable bonds is 2. The van der Waals surface area contributed by atoms with Gasteiger partial charge in [-0.05, 0) is 6.42 Å². The molecule has 1 fully saturated rings. The number of hydrogen-bond acceptors (Lipinski definition) is 5. The fourth-order valence-electron chi connectivity index (χ4n) is 1.67. The van der Waals surface area contributed by atoms with E-state index in [-0.39, 0.29) is 11.9 Å². The lowest BCUT2D eigenvalue weighted by atomic mass is 10.1. The van der Waals surface area contributed by atoms with Crippen molar-refractivity contribution >= 4 is 22.4 Å². The van der Waals surface area contributed by atoms with E-state index in [9.17, 15) is 4.79 Å². The largest absolute Gasteiger partial charge is 0.469 e. The number of ether oxygens (including phenoxy) is 1. The van der Waals surface area contributed by atoms with Gasteiger partial charge >= 0.3 is 5.97 Å². The second-order valence-electron chi connectivity index (χ2n) is 3.27. The first-order chi connectivity index (χ1) is 6.81. The molecule has 76 valence electrons. The Morgan fingerprint density at radius 2 is 2.64 bits per heavy atom. The lowest BCUT2D eigenvalue weighted by Crippen LogP contribution is -2.23. The summed E-state index contributed by atoms with van der Waals surface area (Å²) in [6.45, 7) is 1.63. The van der Waals surface area contributed by atoms with Crippen molar-refractivity contribution < 1.29 is 9.53 Å². The zero-order valence-corrected chi connectivity index (χ0v) is 8.79. The minimum absolute atomic E-state index is 0.0175. The number of thiazole rings is 1. The minimum Gasteiger partial charge on any atom is -0.469 e. The van der Waals surface area contributed by atoms with Crippen LogP contribution in [-0.4, -0.2) is 31.2 Å². The van der Waals surface area contributed by atoms with Gasteiger partial charge in [-0.3, -0.25) is 4.79 Å². The Hall–Kier alpha value is -1.10. The van der Waals surface area contributed by atoms with Crippen LogP contribution in [0.3, 0.4) is 0 Å². The van der Waals surface area contributed by atoms with Crippen molar-refractivity contribution in [1.29, 1.82) is 0 Å². The molecule has 14 heavy (non-hydrogen) atoms. The fourth-order valence-corrected chi connectivity index (χ4v) is 2.35. The number of esters is 1. The van der Waals surface area contributed by atoms with Gasteiger partial charge in [0.05, 0.1) is 13.0 Å². The van der Waals surface area contributed by atoms with E-state index in [1.807, 2.05) is 5.38 Å². The molecule has 0 aliphatic carbocycles. The molecule has 1 aromatic rings. The Morgan fingerprint density at radius 3 is 3.29 bits per heavy atom. The summed E-state index contributed by atoms with van der Waals surface area (Å²) < 4.78 is 4.72. The van der Waals surface area contributed by atoms with Crippen molar-refractivity contribution in [2.75, 3.05) is 25.1 Å². The monoisotopic (exact) mass is 212 g/mol. The maximum absolute atomic E-state index is 11.3. The third-order valence-electron chi connectivity index (χ3n) is 2.41. The van der Waals surface area contributed by atoms with Crippen LogP contribution < -0.4 is 4.90 Å². The third kappa shape index (κ3) is 1.72. The van der Waals surface area contributed by atoms with Gasteiger partial charge in [-0.2, -0.15) is 0 Å². The minimum atomic E-state index is -0.107.